The molecule has 0 N–H and O–H groups in total. The van der Waals surface area contributed by atoms with Gasteiger partial charge in [0.15, 0.2) is 5.76 Å². The molecule has 37 heavy (non-hydrogen) atoms. The van der Waals surface area contributed by atoms with Gasteiger partial charge in [-0.1, -0.05) is 30.3 Å². The number of amides is 1. The number of halogens is 1. The molecular weight excluding hydrogens is 479 g/mol. The second-order valence-electron chi connectivity index (χ2n) is 8.60. The highest BCUT2D eigenvalue weighted by Gasteiger charge is 2.31. The number of rotatable bonds is 6. The predicted molar refractivity (Wildman–Crippen MR) is 134 cm³/mol. The van der Waals surface area contributed by atoms with Crippen LogP contribution < -0.4 is 10.5 Å². The average molecular weight is 505 g/mol. The van der Waals surface area contributed by atoms with E-state index < -0.39 is 17.3 Å². The molecule has 190 valence electrons. The summed E-state index contributed by atoms with van der Waals surface area (Å²) in [6.07, 6.45) is 2.49. The Hall–Kier alpha value is -4.47. The number of carbonyl (C=O) groups is 2. The Balaban J connectivity index is 1.60. The average Bonchev–Trinajstić information content (AvgIpc) is 3.45. The van der Waals surface area contributed by atoms with Crippen molar-refractivity contribution in [2.24, 2.45) is 0 Å². The van der Waals surface area contributed by atoms with Crippen LogP contribution in [-0.2, 0) is 11.3 Å². The number of carbonyl (C=O) groups excluding carboxylic acids is 2. The van der Waals surface area contributed by atoms with Crippen LogP contribution in [-0.4, -0.2) is 59.1 Å². The van der Waals surface area contributed by atoms with Gasteiger partial charge in [0, 0.05) is 31.6 Å². The summed E-state index contributed by atoms with van der Waals surface area (Å²) in [5.41, 5.74) is 0.596. The van der Waals surface area contributed by atoms with Crippen LogP contribution in [0.25, 0.3) is 11.0 Å². The van der Waals surface area contributed by atoms with Crippen molar-refractivity contribution in [1.29, 1.82) is 0 Å². The Morgan fingerprint density at radius 2 is 1.84 bits per heavy atom. The fraction of sp³-hybridized carbons (Fsp3) is 0.259. The number of furan rings is 1. The van der Waals surface area contributed by atoms with E-state index in [0.717, 1.165) is 11.8 Å². The first-order chi connectivity index (χ1) is 18.0. The van der Waals surface area contributed by atoms with Crippen molar-refractivity contribution in [3.63, 3.8) is 0 Å². The van der Waals surface area contributed by atoms with Crippen LogP contribution in [0.2, 0.25) is 0 Å². The van der Waals surface area contributed by atoms with Crippen LogP contribution in [0.15, 0.2) is 70.2 Å². The number of benzene rings is 1. The maximum atomic E-state index is 14.5. The Morgan fingerprint density at radius 1 is 1.08 bits per heavy atom. The summed E-state index contributed by atoms with van der Waals surface area (Å²) in [7, 11) is 0. The van der Waals surface area contributed by atoms with E-state index >= 15 is 0 Å². The number of fused-ring (bicyclic) bond motifs is 1. The van der Waals surface area contributed by atoms with E-state index in [1.54, 1.807) is 24.0 Å². The molecule has 5 rings (SSSR count). The van der Waals surface area contributed by atoms with Crippen molar-refractivity contribution in [3.8, 4) is 0 Å². The molecule has 1 fully saturated rings. The Morgan fingerprint density at radius 3 is 2.51 bits per heavy atom. The number of aromatic nitrogens is 2. The normalized spacial score (nSPS) is 13.7. The van der Waals surface area contributed by atoms with E-state index in [4.69, 9.17) is 9.15 Å². The van der Waals surface area contributed by atoms with Gasteiger partial charge in [-0.25, -0.2) is 14.2 Å². The van der Waals surface area contributed by atoms with E-state index in [0.29, 0.717) is 31.6 Å². The largest absolute Gasteiger partial charge is 0.462 e. The minimum absolute atomic E-state index is 0.0707. The number of pyridine rings is 2. The molecule has 0 atom stereocenters. The number of hydrogen-bond donors (Lipinski definition) is 0. The van der Waals surface area contributed by atoms with E-state index in [9.17, 15) is 18.8 Å². The van der Waals surface area contributed by atoms with Gasteiger partial charge in [0.05, 0.1) is 31.3 Å². The number of ether oxygens (including phenoxy) is 1. The topological polar surface area (TPSA) is 97.9 Å². The van der Waals surface area contributed by atoms with Gasteiger partial charge < -0.3 is 19.0 Å². The zero-order valence-corrected chi connectivity index (χ0v) is 20.2. The summed E-state index contributed by atoms with van der Waals surface area (Å²) in [6.45, 7) is 3.13. The lowest BCUT2D eigenvalue weighted by Gasteiger charge is -2.37. The second-order valence-corrected chi connectivity index (χ2v) is 8.60. The van der Waals surface area contributed by atoms with Crippen molar-refractivity contribution in [1.82, 2.24) is 14.5 Å². The molecule has 1 aromatic carbocycles. The third kappa shape index (κ3) is 4.69. The van der Waals surface area contributed by atoms with Gasteiger partial charge >= 0.3 is 5.97 Å². The van der Waals surface area contributed by atoms with Gasteiger partial charge in [-0.3, -0.25) is 14.2 Å². The summed E-state index contributed by atoms with van der Waals surface area (Å²) >= 11 is 0. The number of nitrogens with zero attached hydrogens (tertiary/aromatic N) is 4. The number of anilines is 1. The fourth-order valence-corrected chi connectivity index (χ4v) is 4.61. The molecule has 4 aromatic rings. The van der Waals surface area contributed by atoms with E-state index in [-0.39, 0.29) is 41.7 Å². The molecule has 9 nitrogen and oxygen atoms in total. The summed E-state index contributed by atoms with van der Waals surface area (Å²) in [4.78, 5) is 47.4. The van der Waals surface area contributed by atoms with Gasteiger partial charge in [0.1, 0.15) is 17.0 Å². The van der Waals surface area contributed by atoms with Crippen molar-refractivity contribution < 1.29 is 23.1 Å². The highest BCUT2D eigenvalue weighted by atomic mass is 19.1. The van der Waals surface area contributed by atoms with Gasteiger partial charge in [-0.15, -0.1) is 0 Å². The molecule has 0 spiro atoms. The molecule has 1 aliphatic rings. The third-order valence-electron chi connectivity index (χ3n) is 6.32. The zero-order valence-electron chi connectivity index (χ0n) is 20.2. The molecule has 1 aliphatic heterocycles. The molecule has 0 aliphatic carbocycles. The third-order valence-corrected chi connectivity index (χ3v) is 6.32. The Bertz CT molecular complexity index is 1490. The van der Waals surface area contributed by atoms with E-state index in [1.807, 2.05) is 35.2 Å². The first kappa shape index (κ1) is 24.2. The van der Waals surface area contributed by atoms with Crippen molar-refractivity contribution in [2.75, 3.05) is 37.7 Å². The lowest BCUT2D eigenvalue weighted by Crippen LogP contribution is -2.49. The lowest BCUT2D eigenvalue weighted by atomic mass is 10.1. The highest BCUT2D eigenvalue weighted by Crippen LogP contribution is 2.31. The highest BCUT2D eigenvalue weighted by molar-refractivity contribution is 6.04. The van der Waals surface area contributed by atoms with Gasteiger partial charge in [-0.2, -0.15) is 0 Å². The molecule has 0 bridgehead atoms. The van der Waals surface area contributed by atoms with Crippen LogP contribution in [0.4, 0.5) is 10.1 Å². The Kier molecular flexibility index (Phi) is 6.72. The molecule has 0 saturated carbocycles. The van der Waals surface area contributed by atoms with E-state index in [1.165, 1.54) is 16.9 Å². The Labute approximate surface area is 211 Å². The zero-order chi connectivity index (χ0) is 25.9. The monoisotopic (exact) mass is 504 g/mol. The molecular formula is C27H25FN4O5. The van der Waals surface area contributed by atoms with Crippen LogP contribution in [0.1, 0.15) is 33.4 Å². The predicted octanol–water partition coefficient (Wildman–Crippen LogP) is 3.32. The van der Waals surface area contributed by atoms with Crippen LogP contribution in [0.3, 0.4) is 0 Å². The molecule has 3 aromatic heterocycles. The quantitative estimate of drug-likeness (QED) is 0.372. The maximum absolute atomic E-state index is 14.5. The smallest absolute Gasteiger partial charge is 0.345 e. The summed E-state index contributed by atoms with van der Waals surface area (Å²) in [6, 6.07) is 13.8. The van der Waals surface area contributed by atoms with Gasteiger partial charge in [-0.05, 0) is 30.7 Å². The van der Waals surface area contributed by atoms with Crippen molar-refractivity contribution in [2.45, 2.75) is 13.5 Å². The van der Waals surface area contributed by atoms with Crippen LogP contribution in [0.5, 0.6) is 0 Å². The molecule has 0 radical (unpaired) electrons. The lowest BCUT2D eigenvalue weighted by molar-refractivity contribution is 0.0523. The number of esters is 1. The maximum Gasteiger partial charge on any atom is 0.345 e. The first-order valence-electron chi connectivity index (χ1n) is 12.0. The second kappa shape index (κ2) is 10.3. The molecule has 10 heteroatoms. The van der Waals surface area contributed by atoms with E-state index in [2.05, 4.69) is 4.98 Å². The molecule has 4 heterocycles. The minimum atomic E-state index is -0.787. The summed E-state index contributed by atoms with van der Waals surface area (Å²) < 4.78 is 26.4. The molecule has 1 saturated heterocycles. The van der Waals surface area contributed by atoms with Crippen LogP contribution >= 0.6 is 0 Å². The minimum Gasteiger partial charge on any atom is -0.462 e. The first-order valence-corrected chi connectivity index (χ1v) is 12.0. The standard InChI is InChI=1S/C27H25FN4O5/c1-2-36-27(35)22-23(30-10-12-31(13-11-30)25(33)21-9-6-14-37-21)20-15-19(28)16-29-24(20)32(26(22)34)17-18-7-4-3-5-8-18/h3-9,14-16H,2,10-13,17H2,1H3. The van der Waals surface area contributed by atoms with Gasteiger partial charge in [0.2, 0.25) is 0 Å². The van der Waals surface area contributed by atoms with Crippen molar-refractivity contribution >= 4 is 28.6 Å². The number of piperazine rings is 1. The van der Waals surface area contributed by atoms with Crippen molar-refractivity contribution in [3.05, 3.63) is 94.0 Å². The SMILES string of the molecule is CCOC(=O)c1c(N2CCN(C(=O)c3ccco3)CC2)c2cc(F)cnc2n(Cc2ccccc2)c1=O. The fourth-order valence-electron chi connectivity index (χ4n) is 4.61. The summed E-state index contributed by atoms with van der Waals surface area (Å²) in [5, 5.41) is 0.324. The summed E-state index contributed by atoms with van der Waals surface area (Å²) in [5.74, 6) is -1.39. The van der Waals surface area contributed by atoms with Gasteiger partial charge in [0.25, 0.3) is 11.5 Å². The number of hydrogen-bond acceptors (Lipinski definition) is 7. The molecule has 1 amide bonds. The van der Waals surface area contributed by atoms with Crippen LogP contribution in [0, 0.1) is 5.82 Å². The molecule has 0 unspecified atom stereocenters.